The zero-order valence-corrected chi connectivity index (χ0v) is 12.5. The normalized spacial score (nSPS) is 11.7. The Hall–Kier alpha value is -2.32. The van der Waals surface area contributed by atoms with E-state index in [9.17, 15) is 15.2 Å². The first kappa shape index (κ1) is 15.1. The number of nitrogens with zero attached hydrogens (tertiary/aromatic N) is 2. The quantitative estimate of drug-likeness (QED) is 0.875. The second-order valence-corrected chi connectivity index (χ2v) is 5.71. The number of thioether (sulfide) groups is 1. The molecule has 1 aromatic carbocycles. The van der Waals surface area contributed by atoms with Crippen molar-refractivity contribution in [3.8, 4) is 6.07 Å². The van der Waals surface area contributed by atoms with Crippen molar-refractivity contribution in [3.05, 3.63) is 58.8 Å². The lowest BCUT2D eigenvalue weighted by Gasteiger charge is -2.14. The van der Waals surface area contributed by atoms with Crippen molar-refractivity contribution in [1.29, 1.82) is 5.26 Å². The molecule has 0 bridgehead atoms. The van der Waals surface area contributed by atoms with E-state index >= 15 is 0 Å². The zero-order chi connectivity index (χ0) is 15.4. The number of pyridine rings is 1. The van der Waals surface area contributed by atoms with Gasteiger partial charge in [0.2, 0.25) is 0 Å². The van der Waals surface area contributed by atoms with Crippen LogP contribution in [0.2, 0.25) is 0 Å². The van der Waals surface area contributed by atoms with E-state index < -0.39 is 11.2 Å². The molecular formula is C16H14N2O2S. The summed E-state index contributed by atoms with van der Waals surface area (Å²) in [5.74, 6) is -0.948. The van der Waals surface area contributed by atoms with Gasteiger partial charge in [-0.1, -0.05) is 42.1 Å². The minimum absolute atomic E-state index is 0.438. The van der Waals surface area contributed by atoms with Crippen LogP contribution < -0.4 is 0 Å². The van der Waals surface area contributed by atoms with E-state index in [1.54, 1.807) is 24.3 Å². The van der Waals surface area contributed by atoms with Gasteiger partial charge in [0.1, 0.15) is 16.3 Å². The summed E-state index contributed by atoms with van der Waals surface area (Å²) in [7, 11) is 0. The summed E-state index contributed by atoms with van der Waals surface area (Å²) in [6, 6.07) is 12.9. The maximum Gasteiger partial charge on any atom is 0.321 e. The fraction of sp³-hybridized carbons (Fsp3) is 0.188. The molecule has 2 rings (SSSR count). The molecule has 0 spiro atoms. The number of rotatable bonds is 4. The zero-order valence-electron chi connectivity index (χ0n) is 11.7. The Labute approximate surface area is 127 Å². The number of hydrogen-bond donors (Lipinski definition) is 1. The minimum atomic E-state index is -0.948. The molecule has 106 valence electrons. The maximum absolute atomic E-state index is 11.5. The van der Waals surface area contributed by atoms with Gasteiger partial charge in [-0.2, -0.15) is 5.26 Å². The highest BCUT2D eigenvalue weighted by Gasteiger charge is 2.24. The van der Waals surface area contributed by atoms with Crippen LogP contribution in [0.25, 0.3) is 0 Å². The van der Waals surface area contributed by atoms with Gasteiger partial charge in [0, 0.05) is 5.69 Å². The molecule has 1 heterocycles. The van der Waals surface area contributed by atoms with Crippen molar-refractivity contribution in [1.82, 2.24) is 4.98 Å². The molecule has 0 unspecified atom stereocenters. The summed E-state index contributed by atoms with van der Waals surface area (Å²) in [6.07, 6.45) is 0. The third-order valence-electron chi connectivity index (χ3n) is 2.98. The summed E-state index contributed by atoms with van der Waals surface area (Å²) < 4.78 is 0. The maximum atomic E-state index is 11.5. The van der Waals surface area contributed by atoms with E-state index in [-0.39, 0.29) is 0 Å². The molecule has 0 aliphatic rings. The molecule has 1 atom stereocenters. The smallest absolute Gasteiger partial charge is 0.321 e. The molecule has 5 heteroatoms. The van der Waals surface area contributed by atoms with E-state index in [1.807, 2.05) is 26.0 Å². The van der Waals surface area contributed by atoms with Gasteiger partial charge in [0.05, 0.1) is 5.56 Å². The minimum Gasteiger partial charge on any atom is -0.480 e. The number of carboxylic acid groups (broad SMARTS) is 1. The first-order valence-corrected chi connectivity index (χ1v) is 7.23. The van der Waals surface area contributed by atoms with Crippen LogP contribution in [0.3, 0.4) is 0 Å². The van der Waals surface area contributed by atoms with Gasteiger partial charge in [-0.05, 0) is 31.0 Å². The Morgan fingerprint density at radius 3 is 2.57 bits per heavy atom. The fourth-order valence-corrected chi connectivity index (χ4v) is 3.16. The highest BCUT2D eigenvalue weighted by molar-refractivity contribution is 8.00. The van der Waals surface area contributed by atoms with Crippen LogP contribution in [0.1, 0.15) is 27.6 Å². The molecule has 0 fully saturated rings. The first-order chi connectivity index (χ1) is 10.0. The van der Waals surface area contributed by atoms with Crippen LogP contribution in [0.15, 0.2) is 41.4 Å². The van der Waals surface area contributed by atoms with Crippen LogP contribution in [0, 0.1) is 25.2 Å². The molecule has 2 aromatic rings. The number of benzene rings is 1. The van der Waals surface area contributed by atoms with Crippen LogP contribution >= 0.6 is 11.8 Å². The Kier molecular flexibility index (Phi) is 4.61. The predicted molar refractivity (Wildman–Crippen MR) is 81.1 cm³/mol. The lowest BCUT2D eigenvalue weighted by molar-refractivity contribution is -0.136. The Morgan fingerprint density at radius 2 is 2.00 bits per heavy atom. The molecule has 0 amide bonds. The van der Waals surface area contributed by atoms with Gasteiger partial charge in [0.25, 0.3) is 0 Å². The van der Waals surface area contributed by atoms with E-state index in [0.29, 0.717) is 16.2 Å². The summed E-state index contributed by atoms with van der Waals surface area (Å²) in [5.41, 5.74) is 2.70. The van der Waals surface area contributed by atoms with Gasteiger partial charge < -0.3 is 5.11 Å². The molecule has 0 aliphatic heterocycles. The molecule has 0 aliphatic carbocycles. The Bertz CT molecular complexity index is 708. The van der Waals surface area contributed by atoms with Crippen LogP contribution in [0.5, 0.6) is 0 Å². The molecule has 1 aromatic heterocycles. The van der Waals surface area contributed by atoms with E-state index in [2.05, 4.69) is 11.1 Å². The number of aromatic nitrogens is 1. The summed E-state index contributed by atoms with van der Waals surface area (Å²) in [6.45, 7) is 3.66. The summed E-state index contributed by atoms with van der Waals surface area (Å²) in [4.78, 5) is 15.9. The van der Waals surface area contributed by atoms with Crippen molar-refractivity contribution < 1.29 is 9.90 Å². The van der Waals surface area contributed by atoms with Gasteiger partial charge in [-0.15, -0.1) is 0 Å². The Morgan fingerprint density at radius 1 is 1.33 bits per heavy atom. The second-order valence-electron chi connectivity index (χ2n) is 4.62. The highest BCUT2D eigenvalue weighted by atomic mass is 32.2. The van der Waals surface area contributed by atoms with Gasteiger partial charge in [0.15, 0.2) is 0 Å². The van der Waals surface area contributed by atoms with Crippen molar-refractivity contribution in [2.45, 2.75) is 24.1 Å². The molecule has 0 saturated carbocycles. The highest BCUT2D eigenvalue weighted by Crippen LogP contribution is 2.36. The molecule has 1 N–H and O–H groups in total. The van der Waals surface area contributed by atoms with Crippen molar-refractivity contribution in [2.24, 2.45) is 0 Å². The average molecular weight is 298 g/mol. The third-order valence-corrected chi connectivity index (χ3v) is 4.21. The molecule has 4 nitrogen and oxygen atoms in total. The van der Waals surface area contributed by atoms with Crippen molar-refractivity contribution in [3.63, 3.8) is 0 Å². The Balaban J connectivity index is 2.44. The van der Waals surface area contributed by atoms with E-state index in [1.165, 1.54) is 0 Å². The number of carbonyl (C=O) groups is 1. The first-order valence-electron chi connectivity index (χ1n) is 6.35. The van der Waals surface area contributed by atoms with Crippen LogP contribution in [-0.2, 0) is 4.79 Å². The monoisotopic (exact) mass is 298 g/mol. The number of nitriles is 1. The second kappa shape index (κ2) is 6.42. The fourth-order valence-electron chi connectivity index (χ4n) is 2.02. The lowest BCUT2D eigenvalue weighted by atomic mass is 10.1. The van der Waals surface area contributed by atoms with Crippen LogP contribution in [0.4, 0.5) is 0 Å². The van der Waals surface area contributed by atoms with Crippen molar-refractivity contribution in [2.75, 3.05) is 0 Å². The number of hydrogen-bond acceptors (Lipinski definition) is 4. The SMILES string of the molecule is Cc1cc(C)c(C#N)c(S[C@@H](C(=O)O)c2ccccc2)n1. The van der Waals surface area contributed by atoms with Crippen LogP contribution in [-0.4, -0.2) is 16.1 Å². The van der Waals surface area contributed by atoms with Crippen molar-refractivity contribution >= 4 is 17.7 Å². The standard InChI is InChI=1S/C16H14N2O2S/c1-10-8-11(2)18-15(13(10)9-17)21-14(16(19)20)12-6-4-3-5-7-12/h3-8,14H,1-2H3,(H,19,20)/t14-/m1/s1. The molecule has 0 radical (unpaired) electrons. The van der Waals surface area contributed by atoms with E-state index in [0.717, 1.165) is 23.0 Å². The van der Waals surface area contributed by atoms with Gasteiger partial charge in [-0.25, -0.2) is 4.98 Å². The largest absolute Gasteiger partial charge is 0.480 e. The summed E-state index contributed by atoms with van der Waals surface area (Å²) in [5, 5.41) is 18.4. The third kappa shape index (κ3) is 3.41. The molecule has 0 saturated heterocycles. The van der Waals surface area contributed by atoms with Gasteiger partial charge in [-0.3, -0.25) is 4.79 Å². The number of aryl methyl sites for hydroxylation is 2. The molecular weight excluding hydrogens is 284 g/mol. The van der Waals surface area contributed by atoms with Gasteiger partial charge >= 0.3 is 5.97 Å². The molecule has 21 heavy (non-hydrogen) atoms. The number of aliphatic carboxylic acids is 1. The summed E-state index contributed by atoms with van der Waals surface area (Å²) >= 11 is 1.10. The van der Waals surface area contributed by atoms with E-state index in [4.69, 9.17) is 0 Å². The topological polar surface area (TPSA) is 74.0 Å². The predicted octanol–water partition coefficient (Wildman–Crippen LogP) is 3.49. The lowest BCUT2D eigenvalue weighted by Crippen LogP contribution is -2.09. The number of carboxylic acids is 1. The average Bonchev–Trinajstić information content (AvgIpc) is 2.45.